The second-order valence-corrected chi connectivity index (χ2v) is 6.74. The zero-order chi connectivity index (χ0) is 16.7. The van der Waals surface area contributed by atoms with Gasteiger partial charge in [0, 0.05) is 19.8 Å². The molecule has 122 valence electrons. The molecule has 2 rings (SSSR count). The van der Waals surface area contributed by atoms with Crippen LogP contribution in [0.1, 0.15) is 40.5 Å². The highest BCUT2D eigenvalue weighted by atomic mass is 17.2. The monoisotopic (exact) mass is 311 g/mol. The highest BCUT2D eigenvalue weighted by Gasteiger charge is 2.58. The molecule has 0 unspecified atom stereocenters. The van der Waals surface area contributed by atoms with Crippen LogP contribution >= 0.6 is 0 Å². The lowest BCUT2D eigenvalue weighted by Crippen LogP contribution is -2.51. The van der Waals surface area contributed by atoms with Gasteiger partial charge >= 0.3 is 5.97 Å². The lowest BCUT2D eigenvalue weighted by atomic mass is 9.85. The van der Waals surface area contributed by atoms with Crippen LogP contribution in [0.4, 0.5) is 0 Å². The average Bonchev–Trinajstić information content (AvgIpc) is 2.71. The zero-order valence-corrected chi connectivity index (χ0v) is 13.2. The van der Waals surface area contributed by atoms with Gasteiger partial charge in [0.25, 0.3) is 0 Å². The Morgan fingerprint density at radius 3 is 2.55 bits per heavy atom. The van der Waals surface area contributed by atoms with Crippen molar-refractivity contribution in [1.82, 2.24) is 4.90 Å². The summed E-state index contributed by atoms with van der Waals surface area (Å²) in [5.74, 6) is -1.69. The summed E-state index contributed by atoms with van der Waals surface area (Å²) in [5, 5.41) is 9.39. The van der Waals surface area contributed by atoms with Gasteiger partial charge in [0.1, 0.15) is 11.6 Å². The minimum Gasteiger partial charge on any atom is -0.480 e. The predicted molar refractivity (Wildman–Crippen MR) is 75.8 cm³/mol. The number of carbonyl (C=O) groups is 3. The molecule has 1 aliphatic carbocycles. The third-order valence-corrected chi connectivity index (χ3v) is 3.79. The van der Waals surface area contributed by atoms with E-state index >= 15 is 0 Å². The highest BCUT2D eigenvalue weighted by molar-refractivity contribution is 5.93. The maximum atomic E-state index is 11.9. The van der Waals surface area contributed by atoms with Crippen LogP contribution in [0, 0.1) is 0 Å². The van der Waals surface area contributed by atoms with Crippen LogP contribution in [0.2, 0.25) is 0 Å². The summed E-state index contributed by atoms with van der Waals surface area (Å²) in [5.41, 5.74) is -1.72. The smallest absolute Gasteiger partial charge is 0.326 e. The van der Waals surface area contributed by atoms with Crippen molar-refractivity contribution in [3.05, 3.63) is 12.2 Å². The van der Waals surface area contributed by atoms with Gasteiger partial charge in [0.2, 0.25) is 5.91 Å². The first-order valence-electron chi connectivity index (χ1n) is 7.16. The summed E-state index contributed by atoms with van der Waals surface area (Å²) in [6.45, 7) is 6.67. The summed E-state index contributed by atoms with van der Waals surface area (Å²) >= 11 is 0. The number of aliphatic carboxylic acids is 1. The molecule has 1 saturated heterocycles. The number of hydrogen-bond acceptors (Lipinski definition) is 5. The number of ketones is 1. The first-order chi connectivity index (χ1) is 10.1. The summed E-state index contributed by atoms with van der Waals surface area (Å²) in [7, 11) is 0. The van der Waals surface area contributed by atoms with E-state index in [0.29, 0.717) is 0 Å². The molecule has 0 aromatic carbocycles. The van der Waals surface area contributed by atoms with E-state index in [4.69, 9.17) is 9.78 Å². The number of allylic oxidation sites excluding steroid dienone is 1. The standard InChI is InChI=1S/C15H21NO6/c1-9(17)16-11(13(19)20)8-15(22-21-14(2,3)4)6-5-10(18)7-12(15)16/h5-6,11-12H,7-8H2,1-4H3,(H,19,20)/t11-,12+,15-/m0/s1. The lowest BCUT2D eigenvalue weighted by molar-refractivity contribution is -0.396. The van der Waals surface area contributed by atoms with Crippen molar-refractivity contribution in [2.75, 3.05) is 0 Å². The maximum Gasteiger partial charge on any atom is 0.326 e. The van der Waals surface area contributed by atoms with Crippen LogP contribution < -0.4 is 0 Å². The minimum atomic E-state index is -1.12. The lowest BCUT2D eigenvalue weighted by Gasteiger charge is -2.37. The van der Waals surface area contributed by atoms with E-state index in [1.165, 1.54) is 24.0 Å². The van der Waals surface area contributed by atoms with Gasteiger partial charge in [-0.3, -0.25) is 9.59 Å². The molecule has 1 fully saturated rings. The number of fused-ring (bicyclic) bond motifs is 1. The van der Waals surface area contributed by atoms with Crippen molar-refractivity contribution in [3.8, 4) is 0 Å². The van der Waals surface area contributed by atoms with Crippen LogP contribution in [0.5, 0.6) is 0 Å². The summed E-state index contributed by atoms with van der Waals surface area (Å²) in [6.07, 6.45) is 2.96. The average molecular weight is 311 g/mol. The number of carboxylic acids is 1. The van der Waals surface area contributed by atoms with Crippen LogP contribution in [0.3, 0.4) is 0 Å². The van der Waals surface area contributed by atoms with E-state index in [0.717, 1.165) is 0 Å². The number of carbonyl (C=O) groups excluding carboxylic acids is 2. The molecule has 2 aliphatic rings. The van der Waals surface area contributed by atoms with Crippen LogP contribution in [0.25, 0.3) is 0 Å². The molecule has 0 bridgehead atoms. The third-order valence-electron chi connectivity index (χ3n) is 3.79. The minimum absolute atomic E-state index is 0.0212. The van der Waals surface area contributed by atoms with Gasteiger partial charge < -0.3 is 10.0 Å². The molecule has 0 aromatic heterocycles. The molecular formula is C15H21NO6. The first-order valence-corrected chi connectivity index (χ1v) is 7.16. The van der Waals surface area contributed by atoms with E-state index in [9.17, 15) is 19.5 Å². The van der Waals surface area contributed by atoms with Gasteiger partial charge in [-0.25, -0.2) is 14.6 Å². The predicted octanol–water partition coefficient (Wildman–Crippen LogP) is 1.07. The number of carboxylic acid groups (broad SMARTS) is 1. The van der Waals surface area contributed by atoms with Gasteiger partial charge in [-0.2, -0.15) is 0 Å². The zero-order valence-electron chi connectivity index (χ0n) is 13.2. The first kappa shape index (κ1) is 16.6. The number of nitrogens with zero attached hydrogens (tertiary/aromatic N) is 1. The van der Waals surface area contributed by atoms with Gasteiger partial charge in [0.05, 0.1) is 11.6 Å². The summed E-state index contributed by atoms with van der Waals surface area (Å²) < 4.78 is 0. The molecule has 22 heavy (non-hydrogen) atoms. The number of amides is 1. The van der Waals surface area contributed by atoms with Crippen LogP contribution in [0.15, 0.2) is 12.2 Å². The Morgan fingerprint density at radius 1 is 1.41 bits per heavy atom. The molecule has 1 aliphatic heterocycles. The van der Waals surface area contributed by atoms with E-state index < -0.39 is 35.2 Å². The molecular weight excluding hydrogens is 290 g/mol. The van der Waals surface area contributed by atoms with Gasteiger partial charge in [0.15, 0.2) is 5.78 Å². The summed E-state index contributed by atoms with van der Waals surface area (Å²) in [4.78, 5) is 47.3. The van der Waals surface area contributed by atoms with Crippen molar-refractivity contribution in [2.24, 2.45) is 0 Å². The second-order valence-electron chi connectivity index (χ2n) is 6.74. The Balaban J connectivity index is 2.39. The highest BCUT2D eigenvalue weighted by Crippen LogP contribution is 2.42. The summed E-state index contributed by atoms with van der Waals surface area (Å²) in [6, 6.07) is -1.72. The molecule has 7 heteroatoms. The maximum absolute atomic E-state index is 11.9. The van der Waals surface area contributed by atoms with E-state index in [-0.39, 0.29) is 18.6 Å². The van der Waals surface area contributed by atoms with Crippen molar-refractivity contribution < 1.29 is 29.3 Å². The topological polar surface area (TPSA) is 93.1 Å². The van der Waals surface area contributed by atoms with Crippen LogP contribution in [-0.4, -0.2) is 51.0 Å². The Morgan fingerprint density at radius 2 is 2.05 bits per heavy atom. The van der Waals surface area contributed by atoms with Gasteiger partial charge in [-0.1, -0.05) is 0 Å². The van der Waals surface area contributed by atoms with Crippen molar-refractivity contribution in [1.29, 1.82) is 0 Å². The Labute approximate surface area is 128 Å². The van der Waals surface area contributed by atoms with Gasteiger partial charge in [-0.05, 0) is 32.9 Å². The molecule has 0 radical (unpaired) electrons. The van der Waals surface area contributed by atoms with Crippen molar-refractivity contribution in [2.45, 2.75) is 63.8 Å². The van der Waals surface area contributed by atoms with E-state index in [2.05, 4.69) is 0 Å². The van der Waals surface area contributed by atoms with E-state index in [1.807, 2.05) is 0 Å². The van der Waals surface area contributed by atoms with Gasteiger partial charge in [-0.15, -0.1) is 0 Å². The third kappa shape index (κ3) is 3.05. The molecule has 0 aromatic rings. The number of rotatable bonds is 3. The molecule has 1 amide bonds. The Bertz CT molecular complexity index is 535. The number of likely N-dealkylation sites (tertiary alicyclic amines) is 1. The molecule has 0 saturated carbocycles. The molecule has 0 spiro atoms. The van der Waals surface area contributed by atoms with Crippen LogP contribution in [-0.2, 0) is 24.2 Å². The SMILES string of the molecule is CC(=O)N1[C@H](C(=O)O)C[C@@]2(OOC(C)(C)C)C=CC(=O)C[C@@H]12. The Kier molecular flexibility index (Phi) is 4.14. The Hall–Kier alpha value is -1.73. The fraction of sp³-hybridized carbons (Fsp3) is 0.667. The molecule has 1 heterocycles. The largest absolute Gasteiger partial charge is 0.480 e. The molecule has 1 N–H and O–H groups in total. The second kappa shape index (κ2) is 5.48. The fourth-order valence-corrected chi connectivity index (χ4v) is 2.90. The fourth-order valence-electron chi connectivity index (χ4n) is 2.90. The number of hydrogen-bond donors (Lipinski definition) is 1. The molecule has 7 nitrogen and oxygen atoms in total. The normalized spacial score (nSPS) is 31.3. The van der Waals surface area contributed by atoms with E-state index in [1.54, 1.807) is 20.8 Å². The molecule has 3 atom stereocenters. The van der Waals surface area contributed by atoms with Crippen molar-refractivity contribution >= 4 is 17.7 Å². The quantitative estimate of drug-likeness (QED) is 0.619. The van der Waals surface area contributed by atoms with Crippen molar-refractivity contribution in [3.63, 3.8) is 0 Å².